The van der Waals surface area contributed by atoms with E-state index >= 15 is 0 Å². The number of benzene rings is 1. The second-order valence-corrected chi connectivity index (χ2v) is 5.50. The molecule has 0 saturated heterocycles. The Bertz CT molecular complexity index is 888. The van der Waals surface area contributed by atoms with E-state index in [1.165, 1.54) is 30.0 Å². The molecule has 1 aromatic carbocycles. The summed E-state index contributed by atoms with van der Waals surface area (Å²) in [5, 5.41) is 14.1. The van der Waals surface area contributed by atoms with Crippen LogP contribution in [-0.2, 0) is 11.2 Å². The molecule has 0 spiro atoms. The van der Waals surface area contributed by atoms with Crippen molar-refractivity contribution < 1.29 is 19.0 Å². The van der Waals surface area contributed by atoms with Crippen molar-refractivity contribution in [3.05, 3.63) is 53.6 Å². The number of nitrogens with zero attached hydrogens (tertiary/aromatic N) is 3. The van der Waals surface area contributed by atoms with Crippen LogP contribution in [0.4, 0.5) is 4.39 Å². The number of imidazole rings is 1. The van der Waals surface area contributed by atoms with Crippen molar-refractivity contribution in [2.75, 3.05) is 7.11 Å². The molecule has 1 atom stereocenters. The fraction of sp³-hybridized carbons (Fsp3) is 0.235. The van der Waals surface area contributed by atoms with Gasteiger partial charge >= 0.3 is 5.97 Å². The van der Waals surface area contributed by atoms with Crippen LogP contribution in [0.2, 0.25) is 0 Å². The average Bonchev–Trinajstić information content (AvgIpc) is 2.98. The maximum atomic E-state index is 13.1. The lowest BCUT2D eigenvalue weighted by molar-refractivity contribution is 0.0594. The Morgan fingerprint density at radius 3 is 2.71 bits per heavy atom. The van der Waals surface area contributed by atoms with Crippen LogP contribution in [0.25, 0.3) is 16.9 Å². The van der Waals surface area contributed by atoms with Gasteiger partial charge in [-0.15, -0.1) is 0 Å². The first-order valence-corrected chi connectivity index (χ1v) is 7.39. The largest absolute Gasteiger partial charge is 0.464 e. The van der Waals surface area contributed by atoms with Gasteiger partial charge in [0.05, 0.1) is 25.1 Å². The smallest absolute Gasteiger partial charge is 0.358 e. The van der Waals surface area contributed by atoms with Gasteiger partial charge in [-0.05, 0) is 37.3 Å². The van der Waals surface area contributed by atoms with E-state index in [0.717, 1.165) is 11.1 Å². The number of aliphatic hydroxyl groups is 1. The van der Waals surface area contributed by atoms with Crippen LogP contribution >= 0.6 is 0 Å². The van der Waals surface area contributed by atoms with Gasteiger partial charge in [-0.1, -0.05) is 0 Å². The molecule has 3 rings (SSSR count). The Morgan fingerprint density at radius 1 is 1.38 bits per heavy atom. The molecule has 24 heavy (non-hydrogen) atoms. The molecule has 0 amide bonds. The zero-order valence-electron chi connectivity index (χ0n) is 13.2. The minimum absolute atomic E-state index is 0.132. The van der Waals surface area contributed by atoms with Crippen molar-refractivity contribution >= 4 is 11.6 Å². The molecule has 0 bridgehead atoms. The van der Waals surface area contributed by atoms with E-state index in [0.29, 0.717) is 17.8 Å². The maximum absolute atomic E-state index is 13.1. The van der Waals surface area contributed by atoms with Gasteiger partial charge in [0.25, 0.3) is 0 Å². The number of aliphatic hydroxyl groups excluding tert-OH is 1. The van der Waals surface area contributed by atoms with Crippen molar-refractivity contribution in [3.8, 4) is 11.3 Å². The molecule has 0 aliphatic carbocycles. The molecular formula is C17H16FN3O3. The Hall–Kier alpha value is -2.80. The van der Waals surface area contributed by atoms with Gasteiger partial charge in [0.15, 0.2) is 11.3 Å². The number of carbonyl (C=O) groups excluding carboxylic acids is 1. The Kier molecular flexibility index (Phi) is 4.26. The van der Waals surface area contributed by atoms with Gasteiger partial charge in [-0.3, -0.25) is 0 Å². The quantitative estimate of drug-likeness (QED) is 0.743. The molecular weight excluding hydrogens is 313 g/mol. The minimum Gasteiger partial charge on any atom is -0.464 e. The highest BCUT2D eigenvalue weighted by Crippen LogP contribution is 2.22. The maximum Gasteiger partial charge on any atom is 0.358 e. The number of hydrogen-bond acceptors (Lipinski definition) is 5. The van der Waals surface area contributed by atoms with Crippen molar-refractivity contribution in [1.29, 1.82) is 0 Å². The van der Waals surface area contributed by atoms with Gasteiger partial charge in [0.2, 0.25) is 0 Å². The van der Waals surface area contributed by atoms with Crippen LogP contribution in [0.5, 0.6) is 0 Å². The third-order valence-corrected chi connectivity index (χ3v) is 3.55. The summed E-state index contributed by atoms with van der Waals surface area (Å²) < 4.78 is 19.3. The van der Waals surface area contributed by atoms with Crippen LogP contribution < -0.4 is 0 Å². The van der Waals surface area contributed by atoms with Gasteiger partial charge < -0.3 is 9.84 Å². The fourth-order valence-corrected chi connectivity index (χ4v) is 2.47. The predicted molar refractivity (Wildman–Crippen MR) is 85.1 cm³/mol. The Labute approximate surface area is 137 Å². The van der Waals surface area contributed by atoms with E-state index in [1.54, 1.807) is 25.1 Å². The minimum atomic E-state index is -0.587. The normalized spacial score (nSPS) is 12.3. The Balaban J connectivity index is 2.17. The summed E-state index contributed by atoms with van der Waals surface area (Å²) in [6.45, 7) is 1.67. The molecule has 0 fully saturated rings. The van der Waals surface area contributed by atoms with E-state index in [2.05, 4.69) is 14.8 Å². The molecule has 2 aromatic heterocycles. The molecule has 1 unspecified atom stereocenters. The molecule has 0 saturated carbocycles. The lowest BCUT2D eigenvalue weighted by Gasteiger charge is -2.09. The molecule has 1 N–H and O–H groups in total. The van der Waals surface area contributed by atoms with E-state index < -0.39 is 12.1 Å². The molecule has 0 radical (unpaired) electrons. The number of hydrogen-bond donors (Lipinski definition) is 1. The third kappa shape index (κ3) is 3.11. The first kappa shape index (κ1) is 16.1. The first-order chi connectivity index (χ1) is 11.5. The molecule has 2 heterocycles. The zero-order chi connectivity index (χ0) is 17.3. The highest BCUT2D eigenvalue weighted by molar-refractivity contribution is 5.88. The highest BCUT2D eigenvalue weighted by atomic mass is 19.1. The first-order valence-electron chi connectivity index (χ1n) is 7.39. The zero-order valence-corrected chi connectivity index (χ0v) is 13.2. The SMILES string of the molecule is COC(=O)c1cn2nc(-c3ccc(F)cc3)cc(CC(C)O)c2n1. The van der Waals surface area contributed by atoms with E-state index in [4.69, 9.17) is 0 Å². The summed E-state index contributed by atoms with van der Waals surface area (Å²) in [6.07, 6.45) is 1.23. The number of fused-ring (bicyclic) bond motifs is 1. The summed E-state index contributed by atoms with van der Waals surface area (Å²) in [5.74, 6) is -0.897. The average molecular weight is 329 g/mol. The second-order valence-electron chi connectivity index (χ2n) is 5.50. The number of carbonyl (C=O) groups is 1. The van der Waals surface area contributed by atoms with Crippen molar-refractivity contribution in [3.63, 3.8) is 0 Å². The lowest BCUT2D eigenvalue weighted by atomic mass is 10.1. The molecule has 7 heteroatoms. The molecule has 3 aromatic rings. The number of aromatic nitrogens is 3. The van der Waals surface area contributed by atoms with Crippen molar-refractivity contribution in [2.45, 2.75) is 19.4 Å². The number of ether oxygens (including phenoxy) is 1. The summed E-state index contributed by atoms with van der Waals surface area (Å²) >= 11 is 0. The van der Waals surface area contributed by atoms with Crippen LogP contribution in [-0.4, -0.2) is 38.9 Å². The highest BCUT2D eigenvalue weighted by Gasteiger charge is 2.16. The van der Waals surface area contributed by atoms with Crippen LogP contribution in [0.1, 0.15) is 23.0 Å². The van der Waals surface area contributed by atoms with E-state index in [1.807, 2.05) is 0 Å². The summed E-state index contributed by atoms with van der Waals surface area (Å²) in [5.41, 5.74) is 2.65. The van der Waals surface area contributed by atoms with E-state index in [-0.39, 0.29) is 11.5 Å². The summed E-state index contributed by atoms with van der Waals surface area (Å²) in [4.78, 5) is 15.9. The molecule has 124 valence electrons. The van der Waals surface area contributed by atoms with Crippen LogP contribution in [0, 0.1) is 5.82 Å². The van der Waals surface area contributed by atoms with Gasteiger partial charge in [0, 0.05) is 17.5 Å². The molecule has 0 aliphatic rings. The number of esters is 1. The Morgan fingerprint density at radius 2 is 2.08 bits per heavy atom. The predicted octanol–water partition coefficient (Wildman–Crippen LogP) is 2.25. The number of halogens is 1. The van der Waals surface area contributed by atoms with Gasteiger partial charge in [-0.25, -0.2) is 18.7 Å². The fourth-order valence-electron chi connectivity index (χ4n) is 2.47. The van der Waals surface area contributed by atoms with Crippen molar-refractivity contribution in [2.24, 2.45) is 0 Å². The van der Waals surface area contributed by atoms with Crippen LogP contribution in [0.3, 0.4) is 0 Å². The standard InChI is InChI=1S/C17H16FN3O3/c1-10(22)7-12-8-14(11-3-5-13(18)6-4-11)20-21-9-15(17(23)24-2)19-16(12)21/h3-6,8-10,22H,7H2,1-2H3. The third-order valence-electron chi connectivity index (χ3n) is 3.55. The van der Waals surface area contributed by atoms with Gasteiger partial charge in [0.1, 0.15) is 5.82 Å². The van der Waals surface area contributed by atoms with Crippen LogP contribution in [0.15, 0.2) is 36.5 Å². The monoisotopic (exact) mass is 329 g/mol. The number of methoxy groups -OCH3 is 1. The number of rotatable bonds is 4. The topological polar surface area (TPSA) is 76.7 Å². The summed E-state index contributed by atoms with van der Waals surface area (Å²) in [7, 11) is 1.28. The second kappa shape index (κ2) is 6.37. The molecule has 6 nitrogen and oxygen atoms in total. The lowest BCUT2D eigenvalue weighted by Crippen LogP contribution is -2.08. The van der Waals surface area contributed by atoms with E-state index in [9.17, 15) is 14.3 Å². The van der Waals surface area contributed by atoms with Gasteiger partial charge in [-0.2, -0.15) is 5.10 Å². The van der Waals surface area contributed by atoms with Crippen molar-refractivity contribution in [1.82, 2.24) is 14.6 Å². The summed E-state index contributed by atoms with van der Waals surface area (Å²) in [6, 6.07) is 7.72. The molecule has 0 aliphatic heterocycles.